The van der Waals surface area contributed by atoms with Gasteiger partial charge in [0.15, 0.2) is 11.6 Å². The van der Waals surface area contributed by atoms with Crippen LogP contribution in [0.1, 0.15) is 5.69 Å². The number of azo groups is 2. The Morgan fingerprint density at radius 1 is 0.683 bits per heavy atom. The van der Waals surface area contributed by atoms with E-state index in [2.05, 4.69) is 35.7 Å². The van der Waals surface area contributed by atoms with Crippen molar-refractivity contribution in [2.75, 3.05) is 11.1 Å². The molecule has 33 heteroatoms. The summed E-state index contributed by atoms with van der Waals surface area (Å²) in [6.45, 7) is 1.31. The molecule has 0 saturated carbocycles. The van der Waals surface area contributed by atoms with Crippen molar-refractivity contribution in [2.45, 2.75) is 31.4 Å². The largest absolute Gasteiger partial charge is 1.00 e. The maximum absolute atomic E-state index is 13.9. The van der Waals surface area contributed by atoms with Crippen LogP contribution in [0.4, 0.5) is 44.3 Å². The molecule has 1 aromatic heterocycles. The van der Waals surface area contributed by atoms with E-state index in [0.29, 0.717) is 30.3 Å². The SMILES string of the molecule is Cc1nc(F)nc(Nc2ccc(S(=O)(=O)[O-])c(N=Nc3c(S(=O)(=O)[O-])cc4cc(S(=O)(=O)[O-])c(N=Nc5cc(S(=O)(=O)[O-])ccc5S(=O)(=O)[O-])c(N)c4c3O)c2)c1Cl.[K+].[Na+]. The molecule has 4 aromatic carbocycles. The van der Waals surface area contributed by atoms with Gasteiger partial charge in [-0.3, -0.25) is 0 Å². The second-order valence-electron chi connectivity index (χ2n) is 11.2. The van der Waals surface area contributed by atoms with E-state index >= 15 is 0 Å². The zero-order chi connectivity index (χ0) is 43.5. The molecule has 4 N–H and O–H groups in total. The van der Waals surface area contributed by atoms with Crippen LogP contribution in [0.15, 0.2) is 93.5 Å². The molecule has 0 fully saturated rings. The standard InChI is InChI=1S/C27H20ClFN8O16S5.K.Na/c1-10-21(28)26(33-27(29)31-10)32-12-2-4-16(55(42,43)44)14(8-12)34-37-24-19(58(51,52)53)7-11-6-18(57(48,49)50)23(22(30)20(11)25(24)38)36-35-15-9-13(54(39,40)41)3-5-17(15)56(45,46)47;;/h2-9,38H,30H2,1H3,(H,31,32,33)(H,39,40,41)(H,42,43,44)(H,45,46,47)(H,48,49,50)(H,51,52,53);;/q;2*+1/p-5. The average Bonchev–Trinajstić information content (AvgIpc) is 3.07. The minimum atomic E-state index is -5.80. The molecule has 24 nitrogen and oxygen atoms in total. The van der Waals surface area contributed by atoms with Crippen molar-refractivity contribution in [3.63, 3.8) is 0 Å². The molecule has 0 aliphatic heterocycles. The van der Waals surface area contributed by atoms with Gasteiger partial charge in [0, 0.05) is 5.69 Å². The summed E-state index contributed by atoms with van der Waals surface area (Å²) in [5.74, 6) is -1.84. The molecule has 60 heavy (non-hydrogen) atoms. The Labute approximate surface area is 407 Å². The Morgan fingerprint density at radius 2 is 1.15 bits per heavy atom. The van der Waals surface area contributed by atoms with E-state index in [0.717, 1.165) is 12.1 Å². The van der Waals surface area contributed by atoms with E-state index in [1.54, 1.807) is 0 Å². The fraction of sp³-hybridized carbons (Fsp3) is 0.0370. The van der Waals surface area contributed by atoms with Gasteiger partial charge in [0.25, 0.3) is 0 Å². The Balaban J connectivity index is 0.00000480. The number of aryl methyl sites for hydroxylation is 1. The third-order valence-electron chi connectivity index (χ3n) is 7.34. The number of aromatic nitrogens is 2. The van der Waals surface area contributed by atoms with Gasteiger partial charge >= 0.3 is 87.0 Å². The number of rotatable bonds is 11. The monoisotopic (exact) mass is 983 g/mol. The van der Waals surface area contributed by atoms with E-state index in [9.17, 15) is 74.3 Å². The number of nitrogens with two attached hydrogens (primary N) is 1. The zero-order valence-corrected chi connectivity index (χ0v) is 39.7. The molecule has 0 unspecified atom stereocenters. The third kappa shape index (κ3) is 11.4. The molecule has 0 saturated heterocycles. The number of phenolic OH excluding ortho intramolecular Hbond substituents is 1. The fourth-order valence-corrected chi connectivity index (χ4v) is 7.98. The van der Waals surface area contributed by atoms with Gasteiger partial charge in [0.2, 0.25) is 0 Å². The minimum absolute atomic E-state index is 0. The Bertz CT molecular complexity index is 3260. The predicted octanol–water partition coefficient (Wildman–Crippen LogP) is -2.88. The molecule has 1 heterocycles. The summed E-state index contributed by atoms with van der Waals surface area (Å²) in [6.07, 6.45) is -1.24. The molecular weight excluding hydrogens is 969 g/mol. The number of nitrogen functional groups attached to an aromatic ring is 1. The van der Waals surface area contributed by atoms with Gasteiger partial charge in [-0.15, -0.1) is 20.5 Å². The summed E-state index contributed by atoms with van der Waals surface area (Å²) in [6, 6.07) is 4.02. The molecule has 0 amide bonds. The number of aromatic hydroxyl groups is 1. The number of nitrogens with zero attached hydrogens (tertiary/aromatic N) is 6. The molecule has 308 valence electrons. The quantitative estimate of drug-likeness (QED) is 0.0393. The second-order valence-corrected chi connectivity index (χ2v) is 18.3. The average molecular weight is 984 g/mol. The summed E-state index contributed by atoms with van der Waals surface area (Å²) in [7, 11) is -27.9. The number of hydrogen-bond acceptors (Lipinski definition) is 24. The summed E-state index contributed by atoms with van der Waals surface area (Å²) in [5, 5.41) is 25.5. The molecule has 0 radical (unpaired) electrons. The van der Waals surface area contributed by atoms with Crippen LogP contribution in [-0.2, 0) is 50.6 Å². The van der Waals surface area contributed by atoms with Gasteiger partial charge in [0.1, 0.15) is 78.4 Å². The van der Waals surface area contributed by atoms with Crippen molar-refractivity contribution in [2.24, 2.45) is 20.5 Å². The Kier molecular flexibility index (Phi) is 15.9. The first kappa shape index (κ1) is 51.6. The first-order valence-electron chi connectivity index (χ1n) is 14.5. The predicted molar refractivity (Wildman–Crippen MR) is 186 cm³/mol. The first-order valence-corrected chi connectivity index (χ1v) is 21.9. The molecule has 0 bridgehead atoms. The van der Waals surface area contributed by atoms with E-state index < -0.39 is 126 Å². The topological polar surface area (TPSA) is 420 Å². The Morgan fingerprint density at radius 3 is 1.65 bits per heavy atom. The second kappa shape index (κ2) is 18.5. The number of nitrogens with one attached hydrogen (secondary N) is 1. The molecule has 5 aromatic rings. The fourth-order valence-electron chi connectivity index (χ4n) is 4.87. The number of anilines is 3. The van der Waals surface area contributed by atoms with Crippen molar-refractivity contribution in [1.82, 2.24) is 9.97 Å². The normalized spacial score (nSPS) is 12.7. The maximum atomic E-state index is 13.9. The van der Waals surface area contributed by atoms with Crippen LogP contribution in [-0.4, -0.2) is 79.9 Å². The van der Waals surface area contributed by atoms with Crippen molar-refractivity contribution in [3.05, 3.63) is 65.3 Å². The van der Waals surface area contributed by atoms with Gasteiger partial charge < -0.3 is 38.9 Å². The minimum Gasteiger partial charge on any atom is -0.744 e. The first-order chi connectivity index (χ1) is 26.5. The van der Waals surface area contributed by atoms with E-state index in [4.69, 9.17) is 17.3 Å². The van der Waals surface area contributed by atoms with Gasteiger partial charge in [-0.1, -0.05) is 11.6 Å². The summed E-state index contributed by atoms with van der Waals surface area (Å²) >= 11 is 6.08. The van der Waals surface area contributed by atoms with Crippen molar-refractivity contribution in [1.29, 1.82) is 0 Å². The van der Waals surface area contributed by atoms with Crippen LogP contribution < -0.4 is 92.0 Å². The van der Waals surface area contributed by atoms with Crippen molar-refractivity contribution in [3.8, 4) is 5.75 Å². The van der Waals surface area contributed by atoms with Gasteiger partial charge in [-0.25, -0.2) is 47.1 Å². The molecule has 0 spiro atoms. The van der Waals surface area contributed by atoms with Gasteiger partial charge in [-0.05, 0) is 60.8 Å². The number of halogens is 2. The van der Waals surface area contributed by atoms with E-state index in [1.807, 2.05) is 0 Å². The van der Waals surface area contributed by atoms with E-state index in [1.165, 1.54) is 6.92 Å². The van der Waals surface area contributed by atoms with Crippen molar-refractivity contribution >= 4 is 113 Å². The van der Waals surface area contributed by atoms with Crippen LogP contribution in [0.5, 0.6) is 5.75 Å². The molecule has 0 atom stereocenters. The number of benzene rings is 4. The summed E-state index contributed by atoms with van der Waals surface area (Å²) in [4.78, 5) is 0.247. The number of fused-ring (bicyclic) bond motifs is 1. The van der Waals surface area contributed by atoms with Crippen LogP contribution in [0, 0.1) is 13.0 Å². The maximum Gasteiger partial charge on any atom is 1.00 e. The van der Waals surface area contributed by atoms with Crippen LogP contribution in [0.2, 0.25) is 5.02 Å². The van der Waals surface area contributed by atoms with Crippen molar-refractivity contribution < 1.29 is 155 Å². The molecule has 0 aliphatic rings. The number of phenols is 1. The summed E-state index contributed by atoms with van der Waals surface area (Å²) < 4.78 is 194. The Hall–Kier alpha value is -2.77. The zero-order valence-electron chi connectivity index (χ0n) is 29.7. The summed E-state index contributed by atoms with van der Waals surface area (Å²) in [5.41, 5.74) is -0.104. The molecule has 5 rings (SSSR count). The van der Waals surface area contributed by atoms with Gasteiger partial charge in [-0.2, -0.15) is 9.37 Å². The van der Waals surface area contributed by atoms with Crippen LogP contribution >= 0.6 is 11.6 Å². The molecular formula is C27H15ClFKN8NaO16S5-3. The molecule has 0 aliphatic carbocycles. The third-order valence-corrected chi connectivity index (χ3v) is 12.1. The van der Waals surface area contributed by atoms with Crippen LogP contribution in [0.3, 0.4) is 0 Å². The van der Waals surface area contributed by atoms with Gasteiger partial charge in [0.05, 0.1) is 41.2 Å². The smallest absolute Gasteiger partial charge is 0.744 e. The van der Waals surface area contributed by atoms with E-state index in [-0.39, 0.29) is 109 Å². The van der Waals surface area contributed by atoms with Crippen LogP contribution in [0.25, 0.3) is 10.8 Å². The number of hydrogen-bond donors (Lipinski definition) is 3.